The molecule has 2 aliphatic heterocycles. The van der Waals surface area contributed by atoms with Crippen molar-refractivity contribution in [1.82, 2.24) is 15.5 Å². The first-order chi connectivity index (χ1) is 9.18. The van der Waals surface area contributed by atoms with Crippen molar-refractivity contribution >= 4 is 30.7 Å². The van der Waals surface area contributed by atoms with E-state index in [2.05, 4.69) is 29.4 Å². The number of halogens is 2. The van der Waals surface area contributed by atoms with Gasteiger partial charge in [-0.05, 0) is 57.8 Å². The molecule has 0 radical (unpaired) electrons. The van der Waals surface area contributed by atoms with Crippen LogP contribution < -0.4 is 10.6 Å². The van der Waals surface area contributed by atoms with E-state index in [1.807, 2.05) is 0 Å². The molecule has 2 aliphatic rings. The van der Waals surface area contributed by atoms with Gasteiger partial charge >= 0.3 is 0 Å². The largest absolute Gasteiger partial charge is 0.352 e. The number of hydrogen-bond donors (Lipinski definition) is 2. The molecule has 1 atom stereocenters. The summed E-state index contributed by atoms with van der Waals surface area (Å²) in [5.74, 6) is 0.642. The van der Waals surface area contributed by atoms with Gasteiger partial charge in [-0.2, -0.15) is 0 Å². The number of carbonyl (C=O) groups excluding carboxylic acids is 1. The van der Waals surface area contributed by atoms with Gasteiger partial charge in [-0.25, -0.2) is 0 Å². The van der Waals surface area contributed by atoms with Gasteiger partial charge in [0.05, 0.1) is 6.04 Å². The van der Waals surface area contributed by atoms with Gasteiger partial charge in [0.25, 0.3) is 0 Å². The van der Waals surface area contributed by atoms with Crippen molar-refractivity contribution in [2.75, 3.05) is 26.2 Å². The Kier molecular flexibility index (Phi) is 10.6. The molecule has 0 aromatic heterocycles. The molecule has 21 heavy (non-hydrogen) atoms. The van der Waals surface area contributed by atoms with Crippen molar-refractivity contribution in [1.29, 1.82) is 0 Å². The Morgan fingerprint density at radius 1 is 1.10 bits per heavy atom. The minimum absolute atomic E-state index is 0. The summed E-state index contributed by atoms with van der Waals surface area (Å²) in [5.41, 5.74) is 0. The third-order valence-corrected chi connectivity index (χ3v) is 4.37. The zero-order valence-corrected chi connectivity index (χ0v) is 14.9. The maximum Gasteiger partial charge on any atom is 0.237 e. The highest BCUT2D eigenvalue weighted by Crippen LogP contribution is 2.18. The van der Waals surface area contributed by atoms with Crippen LogP contribution >= 0.6 is 24.8 Å². The summed E-state index contributed by atoms with van der Waals surface area (Å²) < 4.78 is 0. The van der Waals surface area contributed by atoms with Crippen LogP contribution in [0.1, 0.15) is 46.0 Å². The van der Waals surface area contributed by atoms with Crippen molar-refractivity contribution in [3.63, 3.8) is 0 Å². The third-order valence-electron chi connectivity index (χ3n) is 4.37. The topological polar surface area (TPSA) is 44.4 Å². The predicted octanol–water partition coefficient (Wildman–Crippen LogP) is 2.21. The fourth-order valence-electron chi connectivity index (χ4n) is 3.34. The lowest BCUT2D eigenvalue weighted by atomic mass is 9.97. The van der Waals surface area contributed by atoms with E-state index in [-0.39, 0.29) is 36.8 Å². The highest BCUT2D eigenvalue weighted by atomic mass is 35.5. The average Bonchev–Trinajstić information content (AvgIpc) is 2.40. The lowest BCUT2D eigenvalue weighted by Crippen LogP contribution is -2.54. The van der Waals surface area contributed by atoms with Gasteiger partial charge in [0.1, 0.15) is 0 Å². The quantitative estimate of drug-likeness (QED) is 0.825. The summed E-state index contributed by atoms with van der Waals surface area (Å²) in [6.45, 7) is 8.57. The highest BCUT2D eigenvalue weighted by molar-refractivity contribution is 5.85. The van der Waals surface area contributed by atoms with Crippen molar-refractivity contribution in [3.8, 4) is 0 Å². The van der Waals surface area contributed by atoms with Gasteiger partial charge in [0, 0.05) is 6.04 Å². The molecule has 2 heterocycles. The van der Waals surface area contributed by atoms with Crippen LogP contribution in [0.3, 0.4) is 0 Å². The molecule has 0 spiro atoms. The molecule has 1 unspecified atom stereocenters. The Morgan fingerprint density at radius 2 is 1.67 bits per heavy atom. The molecule has 1 amide bonds. The predicted molar refractivity (Wildman–Crippen MR) is 92.6 cm³/mol. The van der Waals surface area contributed by atoms with Crippen LogP contribution in [0.25, 0.3) is 0 Å². The number of nitrogens with zero attached hydrogens (tertiary/aromatic N) is 1. The Bertz CT molecular complexity index is 291. The van der Waals surface area contributed by atoms with E-state index in [1.54, 1.807) is 0 Å². The number of amides is 1. The highest BCUT2D eigenvalue weighted by Gasteiger charge is 2.31. The lowest BCUT2D eigenvalue weighted by Gasteiger charge is -2.37. The smallest absolute Gasteiger partial charge is 0.237 e. The first kappa shape index (κ1) is 21.0. The summed E-state index contributed by atoms with van der Waals surface area (Å²) in [6, 6.07) is 0.440. The third kappa shape index (κ3) is 6.31. The Balaban J connectivity index is 0.00000200. The molecule has 0 aromatic carbocycles. The van der Waals surface area contributed by atoms with Crippen LogP contribution in [0.15, 0.2) is 0 Å². The summed E-state index contributed by atoms with van der Waals surface area (Å²) >= 11 is 0. The van der Waals surface area contributed by atoms with E-state index in [0.717, 1.165) is 39.0 Å². The molecule has 4 nitrogen and oxygen atoms in total. The zero-order valence-electron chi connectivity index (χ0n) is 13.3. The molecule has 2 saturated heterocycles. The van der Waals surface area contributed by atoms with Gasteiger partial charge in [0.2, 0.25) is 5.91 Å². The minimum atomic E-state index is 0. The fourth-order valence-corrected chi connectivity index (χ4v) is 3.34. The van der Waals surface area contributed by atoms with Gasteiger partial charge in [-0.3, -0.25) is 9.69 Å². The molecule has 0 aromatic rings. The van der Waals surface area contributed by atoms with Crippen molar-refractivity contribution in [3.05, 3.63) is 0 Å². The second-order valence-electron chi connectivity index (χ2n) is 6.32. The molecule has 2 fully saturated rings. The standard InChI is InChI=1S/C15H29N3O.2ClH/c1-12(2)14(18-10-4-3-5-11-18)15(19)17-13-6-8-16-9-7-13;;/h12-14,16H,3-11H2,1-2H3,(H,17,19);2*1H. The summed E-state index contributed by atoms with van der Waals surface area (Å²) in [4.78, 5) is 15.0. The lowest BCUT2D eigenvalue weighted by molar-refractivity contribution is -0.129. The first-order valence-electron chi connectivity index (χ1n) is 7.93. The van der Waals surface area contributed by atoms with Crippen LogP contribution in [0.5, 0.6) is 0 Å². The van der Waals surface area contributed by atoms with E-state index < -0.39 is 0 Å². The van der Waals surface area contributed by atoms with E-state index in [4.69, 9.17) is 0 Å². The van der Waals surface area contributed by atoms with Crippen LogP contribution in [0.4, 0.5) is 0 Å². The Hall–Kier alpha value is -0.0300. The van der Waals surface area contributed by atoms with Crippen LogP contribution in [-0.4, -0.2) is 49.1 Å². The maximum absolute atomic E-state index is 12.6. The van der Waals surface area contributed by atoms with E-state index >= 15 is 0 Å². The monoisotopic (exact) mass is 339 g/mol. The van der Waals surface area contributed by atoms with Gasteiger partial charge in [-0.15, -0.1) is 24.8 Å². The van der Waals surface area contributed by atoms with Crippen LogP contribution in [-0.2, 0) is 4.79 Å². The molecular formula is C15H31Cl2N3O. The summed E-state index contributed by atoms with van der Waals surface area (Å²) in [6.07, 6.45) is 5.93. The van der Waals surface area contributed by atoms with E-state index in [1.165, 1.54) is 19.3 Å². The molecule has 126 valence electrons. The summed E-state index contributed by atoms with van der Waals surface area (Å²) in [7, 11) is 0. The fraction of sp³-hybridized carbons (Fsp3) is 0.933. The number of carbonyl (C=O) groups is 1. The van der Waals surface area contributed by atoms with Gasteiger partial charge in [-0.1, -0.05) is 20.3 Å². The molecule has 2 N–H and O–H groups in total. The maximum atomic E-state index is 12.6. The molecule has 0 aliphatic carbocycles. The van der Waals surface area contributed by atoms with Gasteiger partial charge < -0.3 is 10.6 Å². The van der Waals surface area contributed by atoms with Crippen LogP contribution in [0.2, 0.25) is 0 Å². The average molecular weight is 340 g/mol. The molecule has 0 saturated carbocycles. The second kappa shape index (κ2) is 10.7. The number of piperidine rings is 2. The molecule has 2 rings (SSSR count). The summed E-state index contributed by atoms with van der Waals surface area (Å²) in [5, 5.41) is 6.62. The minimum Gasteiger partial charge on any atom is -0.352 e. The SMILES string of the molecule is CC(C)C(C(=O)NC1CCNCC1)N1CCCCC1.Cl.Cl. The van der Waals surface area contributed by atoms with Crippen molar-refractivity contribution in [2.24, 2.45) is 5.92 Å². The van der Waals surface area contributed by atoms with Crippen molar-refractivity contribution < 1.29 is 4.79 Å². The number of likely N-dealkylation sites (tertiary alicyclic amines) is 1. The number of hydrogen-bond acceptors (Lipinski definition) is 3. The normalized spacial score (nSPS) is 22.0. The molecule has 0 bridgehead atoms. The van der Waals surface area contributed by atoms with Crippen molar-refractivity contribution in [2.45, 2.75) is 58.0 Å². The Labute approximate surface area is 141 Å². The number of nitrogens with one attached hydrogen (secondary N) is 2. The van der Waals surface area contributed by atoms with E-state index in [0.29, 0.717) is 12.0 Å². The van der Waals surface area contributed by atoms with Crippen LogP contribution in [0, 0.1) is 5.92 Å². The Morgan fingerprint density at radius 3 is 2.19 bits per heavy atom. The number of rotatable bonds is 4. The zero-order chi connectivity index (χ0) is 13.7. The van der Waals surface area contributed by atoms with E-state index in [9.17, 15) is 4.79 Å². The second-order valence-corrected chi connectivity index (χ2v) is 6.32. The molecular weight excluding hydrogens is 309 g/mol. The first-order valence-corrected chi connectivity index (χ1v) is 7.93. The molecule has 6 heteroatoms. The van der Waals surface area contributed by atoms with Gasteiger partial charge in [0.15, 0.2) is 0 Å².